The van der Waals surface area contributed by atoms with E-state index in [-0.39, 0.29) is 36.0 Å². The normalized spacial score (nSPS) is 20.9. The number of methoxy groups -OCH3 is 1. The van der Waals surface area contributed by atoms with E-state index in [4.69, 9.17) is 9.47 Å². The Morgan fingerprint density at radius 1 is 1.05 bits per heavy atom. The van der Waals surface area contributed by atoms with Gasteiger partial charge in [0.2, 0.25) is 0 Å². The van der Waals surface area contributed by atoms with Crippen molar-refractivity contribution in [2.45, 2.75) is 90.3 Å². The van der Waals surface area contributed by atoms with Crippen molar-refractivity contribution in [2.75, 3.05) is 30.5 Å². The third kappa shape index (κ3) is 8.24. The van der Waals surface area contributed by atoms with Crippen molar-refractivity contribution in [3.8, 4) is 5.75 Å². The fourth-order valence-electron chi connectivity index (χ4n) is 8.51. The number of nitrogens with one attached hydrogen (secondary N) is 1. The van der Waals surface area contributed by atoms with Crippen molar-refractivity contribution in [3.05, 3.63) is 119 Å². The van der Waals surface area contributed by atoms with Gasteiger partial charge >= 0.3 is 0 Å². The number of aliphatic hydroxyl groups excluding tert-OH is 1. The Balaban J connectivity index is 1.42. The fraction of sp³-hybridized carbons (Fsp3) is 0.409. The maximum Gasteiger partial charge on any atom is 0.264 e. The van der Waals surface area contributed by atoms with Crippen molar-refractivity contribution >= 4 is 36.4 Å². The second-order valence-corrected chi connectivity index (χ2v) is 20.4. The quantitative estimate of drug-likeness (QED) is 0.0957. The molecular formula is C44H55N5O5Si. The van der Waals surface area contributed by atoms with E-state index in [0.717, 1.165) is 35.5 Å². The highest BCUT2D eigenvalue weighted by atomic mass is 28.3. The van der Waals surface area contributed by atoms with Crippen LogP contribution in [-0.4, -0.2) is 66.4 Å². The number of fused-ring (bicyclic) bond motifs is 2. The van der Waals surface area contributed by atoms with Gasteiger partial charge in [0.1, 0.15) is 5.75 Å². The highest BCUT2D eigenvalue weighted by Gasteiger charge is 2.66. The number of hydrogen-bond acceptors (Lipinski definition) is 7. The summed E-state index contributed by atoms with van der Waals surface area (Å²) >= 11 is 0. The van der Waals surface area contributed by atoms with E-state index in [1.807, 2.05) is 59.6 Å². The molecular weight excluding hydrogens is 707 g/mol. The zero-order valence-corrected chi connectivity index (χ0v) is 34.2. The number of ether oxygens (including phenoxy) is 2. The van der Waals surface area contributed by atoms with Gasteiger partial charge in [0.05, 0.1) is 32.7 Å². The van der Waals surface area contributed by atoms with E-state index in [1.54, 1.807) is 23.9 Å². The fourth-order valence-corrected chi connectivity index (χ4v) is 12.6. The zero-order valence-electron chi connectivity index (χ0n) is 33.2. The molecule has 11 heteroatoms. The van der Waals surface area contributed by atoms with Gasteiger partial charge in [0, 0.05) is 55.0 Å². The van der Waals surface area contributed by atoms with Crippen LogP contribution in [0.15, 0.2) is 102 Å². The minimum Gasteiger partial charge on any atom is -0.497 e. The van der Waals surface area contributed by atoms with Crippen LogP contribution in [0, 0.1) is 5.92 Å². The number of carbonyl (C=O) groups is 2. The first-order valence-corrected chi connectivity index (χ1v) is 22.4. The van der Waals surface area contributed by atoms with Crippen molar-refractivity contribution in [2.24, 2.45) is 5.92 Å². The average Bonchev–Trinajstić information content (AvgIpc) is 3.82. The molecule has 4 aromatic rings. The Morgan fingerprint density at radius 3 is 2.49 bits per heavy atom. The Hall–Kier alpha value is -4.84. The maximum absolute atomic E-state index is 15.3. The summed E-state index contributed by atoms with van der Waals surface area (Å²) in [6.45, 7) is 14.2. The number of allylic oxidation sites excluding steroid dienone is 3. The molecule has 0 radical (unpaired) electrons. The molecule has 3 heterocycles. The van der Waals surface area contributed by atoms with Crippen LogP contribution < -0.4 is 20.1 Å². The number of benzene rings is 3. The molecule has 1 spiro atoms. The summed E-state index contributed by atoms with van der Waals surface area (Å²) in [4.78, 5) is 30.5. The first kappa shape index (κ1) is 39.8. The third-order valence-corrected chi connectivity index (χ3v) is 15.8. The number of aliphatic hydroxyl groups is 1. The summed E-state index contributed by atoms with van der Waals surface area (Å²) in [5.74, 6) is 0.296. The second kappa shape index (κ2) is 16.9. The van der Waals surface area contributed by atoms with E-state index >= 15 is 4.79 Å². The summed E-state index contributed by atoms with van der Waals surface area (Å²) in [5, 5.41) is 22.4. The van der Waals surface area contributed by atoms with E-state index in [1.165, 1.54) is 16.3 Å². The molecule has 290 valence electrons. The minimum atomic E-state index is -2.38. The van der Waals surface area contributed by atoms with Crippen LogP contribution in [0.1, 0.15) is 68.6 Å². The molecule has 2 aliphatic rings. The maximum atomic E-state index is 15.3. The Morgan fingerprint density at radius 2 is 1.80 bits per heavy atom. The van der Waals surface area contributed by atoms with E-state index in [2.05, 4.69) is 80.7 Å². The molecule has 55 heavy (non-hydrogen) atoms. The van der Waals surface area contributed by atoms with Gasteiger partial charge in [0.15, 0.2) is 5.60 Å². The van der Waals surface area contributed by atoms with Crippen LogP contribution in [0.3, 0.4) is 0 Å². The lowest BCUT2D eigenvalue weighted by atomic mass is 9.82. The van der Waals surface area contributed by atoms with Crippen molar-refractivity contribution < 1.29 is 24.2 Å². The lowest BCUT2D eigenvalue weighted by Gasteiger charge is -2.37. The van der Waals surface area contributed by atoms with Gasteiger partial charge in [-0.3, -0.25) is 14.3 Å². The van der Waals surface area contributed by atoms with Crippen LogP contribution >= 0.6 is 0 Å². The average molecular weight is 762 g/mol. The van der Waals surface area contributed by atoms with Crippen LogP contribution in [-0.2, 0) is 28.1 Å². The molecule has 6 rings (SSSR count). The molecule has 1 saturated heterocycles. The molecule has 10 nitrogen and oxygen atoms in total. The summed E-state index contributed by atoms with van der Waals surface area (Å²) in [5.41, 5.74) is 4.74. The van der Waals surface area contributed by atoms with Gasteiger partial charge in [-0.2, -0.15) is 0 Å². The molecule has 0 unspecified atom stereocenters. The molecule has 2 N–H and O–H groups in total. The Kier molecular flexibility index (Phi) is 12.2. The smallest absolute Gasteiger partial charge is 0.264 e. The van der Waals surface area contributed by atoms with Gasteiger partial charge in [-0.15, -0.1) is 5.10 Å². The first-order chi connectivity index (χ1) is 26.4. The first-order valence-electron chi connectivity index (χ1n) is 19.3. The highest BCUT2D eigenvalue weighted by Crippen LogP contribution is 2.60. The second-order valence-electron chi connectivity index (χ2n) is 15.7. The predicted octanol–water partition coefficient (Wildman–Crippen LogP) is 7.42. The van der Waals surface area contributed by atoms with Gasteiger partial charge in [-0.05, 0) is 88.0 Å². The number of aromatic nitrogens is 3. The molecule has 1 fully saturated rings. The Bertz CT molecular complexity index is 2040. The lowest BCUT2D eigenvalue weighted by Crippen LogP contribution is -2.52. The van der Waals surface area contributed by atoms with Gasteiger partial charge < -0.3 is 24.8 Å². The van der Waals surface area contributed by atoms with E-state index < -0.39 is 13.7 Å². The molecule has 0 saturated carbocycles. The Labute approximate surface area is 326 Å². The molecule has 2 aliphatic heterocycles. The molecule has 2 amide bonds. The number of anilines is 2. The number of aryl methyl sites for hydroxylation is 1. The highest BCUT2D eigenvalue weighted by molar-refractivity contribution is 6.91. The molecule has 1 aromatic heterocycles. The number of carbonyl (C=O) groups excluding carboxylic acids is 2. The summed E-state index contributed by atoms with van der Waals surface area (Å²) in [6.07, 6.45) is 8.90. The minimum absolute atomic E-state index is 0.00414. The number of hydrogen-bond donors (Lipinski definition) is 2. The van der Waals surface area contributed by atoms with E-state index in [9.17, 15) is 9.90 Å². The number of amides is 2. The monoisotopic (exact) mass is 761 g/mol. The molecule has 4 atom stereocenters. The molecule has 3 aromatic carbocycles. The largest absolute Gasteiger partial charge is 0.497 e. The third-order valence-electron chi connectivity index (χ3n) is 11.4. The SMILES string of the molecule is COc1ccc([Si](C)(C)[C@@H]2[C@@H](CCn3cc(CCO)nn3)O[C@]3(C(=O)N(C/C=C(\C)CCC=C(C)C)c4ccc(NC(=O)c5ccccc5)cc43)[C@H]2C)cc1. The van der Waals surface area contributed by atoms with Gasteiger partial charge in [-0.25, -0.2) is 0 Å². The van der Waals surface area contributed by atoms with Crippen LogP contribution in [0.4, 0.5) is 11.4 Å². The van der Waals surface area contributed by atoms with Crippen LogP contribution in [0.2, 0.25) is 18.6 Å². The number of nitrogens with zero attached hydrogens (tertiary/aromatic N) is 4. The van der Waals surface area contributed by atoms with E-state index in [0.29, 0.717) is 37.2 Å². The van der Waals surface area contributed by atoms with Gasteiger partial charge in [-0.1, -0.05) is 84.0 Å². The van der Waals surface area contributed by atoms with Crippen LogP contribution in [0.5, 0.6) is 5.75 Å². The summed E-state index contributed by atoms with van der Waals surface area (Å²) in [7, 11) is -0.709. The molecule has 0 bridgehead atoms. The summed E-state index contributed by atoms with van der Waals surface area (Å²) in [6, 6.07) is 23.3. The van der Waals surface area contributed by atoms with Crippen LogP contribution in [0.25, 0.3) is 0 Å². The lowest BCUT2D eigenvalue weighted by molar-refractivity contribution is -0.145. The predicted molar refractivity (Wildman–Crippen MR) is 221 cm³/mol. The topological polar surface area (TPSA) is 119 Å². The van der Waals surface area contributed by atoms with Crippen molar-refractivity contribution in [3.63, 3.8) is 0 Å². The molecule has 0 aliphatic carbocycles. The van der Waals surface area contributed by atoms with Crippen molar-refractivity contribution in [1.82, 2.24) is 15.0 Å². The van der Waals surface area contributed by atoms with Gasteiger partial charge in [0.25, 0.3) is 11.8 Å². The number of rotatable bonds is 15. The standard InChI is InChI=1S/C44H55N5O5Si/c1-30(2)12-11-13-31(3)22-26-49-39-21-16-34(45-42(51)33-14-9-8-10-15-33)28-38(39)44(43(49)52)32(4)41(55(6,7)37-19-17-36(53-5)18-20-37)40(54-44)23-25-48-29-35(24-27-50)46-47-48/h8-10,12,14-22,28-29,32,40-41,50H,11,13,23-27H2,1-7H3,(H,45,51)/b31-22+/t32-,40+,41-,44+/m0/s1. The zero-order chi connectivity index (χ0) is 39.3. The summed E-state index contributed by atoms with van der Waals surface area (Å²) < 4.78 is 14.7. The van der Waals surface area contributed by atoms with Crippen molar-refractivity contribution in [1.29, 1.82) is 0 Å².